The van der Waals surface area contributed by atoms with Crippen molar-refractivity contribution in [2.24, 2.45) is 0 Å². The summed E-state index contributed by atoms with van der Waals surface area (Å²) in [5.41, 5.74) is 7.31. The second-order valence-corrected chi connectivity index (χ2v) is 10.1. The van der Waals surface area contributed by atoms with Gasteiger partial charge in [-0.1, -0.05) is 30.1 Å². The van der Waals surface area contributed by atoms with E-state index in [0.717, 1.165) is 11.2 Å². The van der Waals surface area contributed by atoms with Crippen LogP contribution >= 0.6 is 23.2 Å². The number of fused-ring (bicyclic) bond motifs is 1. The first-order chi connectivity index (χ1) is 19.2. The van der Waals surface area contributed by atoms with Gasteiger partial charge < -0.3 is 10.1 Å². The Balaban J connectivity index is 1.50. The molecule has 10 nitrogen and oxygen atoms in total. The molecule has 0 fully saturated rings. The number of hydrogen-bond donors (Lipinski definition) is 2. The number of aromatic nitrogens is 3. The number of anilines is 2. The van der Waals surface area contributed by atoms with Crippen molar-refractivity contribution >= 4 is 51.5 Å². The normalized spacial score (nSPS) is 13.9. The number of ether oxygens (including phenoxy) is 1. The number of methoxy groups -OCH3 is 1. The number of rotatable bonds is 7. The largest absolute Gasteiger partial charge is 0.495 e. The number of pyridine rings is 1. The third-order valence-corrected chi connectivity index (χ3v) is 7.13. The van der Waals surface area contributed by atoms with Gasteiger partial charge in [0.15, 0.2) is 0 Å². The van der Waals surface area contributed by atoms with Crippen LogP contribution in [0.2, 0.25) is 5.02 Å². The Morgan fingerprint density at radius 1 is 1.12 bits per heavy atom. The first-order valence-corrected chi connectivity index (χ1v) is 13.2. The highest BCUT2D eigenvalue weighted by atomic mass is 35.5. The molecule has 0 unspecified atom stereocenters. The summed E-state index contributed by atoms with van der Waals surface area (Å²) in [4.78, 5) is 35.7. The molecule has 0 aliphatic carbocycles. The van der Waals surface area contributed by atoms with E-state index in [2.05, 4.69) is 20.8 Å². The molecule has 0 saturated heterocycles. The smallest absolute Gasteiger partial charge is 0.252 e. The zero-order valence-corrected chi connectivity index (χ0v) is 23.8. The van der Waals surface area contributed by atoms with Gasteiger partial charge in [-0.05, 0) is 49.7 Å². The van der Waals surface area contributed by atoms with Crippen LogP contribution in [0.3, 0.4) is 0 Å². The topological polar surface area (TPSA) is 105 Å². The van der Waals surface area contributed by atoms with Crippen LogP contribution in [0.5, 0.6) is 5.75 Å². The molecule has 4 aromatic rings. The molecule has 1 amide bonds. The maximum atomic E-state index is 13.5. The lowest BCUT2D eigenvalue weighted by Crippen LogP contribution is -2.37. The van der Waals surface area contributed by atoms with Crippen LogP contribution in [0.25, 0.3) is 22.2 Å². The molecule has 0 spiro atoms. The Morgan fingerprint density at radius 3 is 2.62 bits per heavy atom. The molecular formula is C28H27Cl2N7O3. The first kappa shape index (κ1) is 27.4. The van der Waals surface area contributed by atoms with Crippen LogP contribution < -0.4 is 26.2 Å². The van der Waals surface area contributed by atoms with Crippen LogP contribution in [0.15, 0.2) is 71.0 Å². The van der Waals surface area contributed by atoms with Crippen molar-refractivity contribution in [1.82, 2.24) is 25.1 Å². The van der Waals surface area contributed by atoms with Crippen molar-refractivity contribution in [3.8, 4) is 16.9 Å². The molecule has 1 atom stereocenters. The number of nitrogens with zero attached hydrogens (tertiary/aromatic N) is 5. The van der Waals surface area contributed by atoms with Crippen molar-refractivity contribution in [3.63, 3.8) is 0 Å². The summed E-state index contributed by atoms with van der Waals surface area (Å²) in [7, 11) is 3.29. The molecule has 0 bridgehead atoms. The fourth-order valence-corrected chi connectivity index (χ4v) is 4.86. The molecule has 5 rings (SSSR count). The number of halogens is 2. The number of hydrazine groups is 2. The Hall–Kier alpha value is -4.12. The summed E-state index contributed by atoms with van der Waals surface area (Å²) in [6.45, 7) is 3.69. The van der Waals surface area contributed by atoms with Crippen molar-refractivity contribution in [1.29, 1.82) is 0 Å². The second-order valence-electron chi connectivity index (χ2n) is 9.27. The fraction of sp³-hybridized carbons (Fsp3) is 0.214. The van der Waals surface area contributed by atoms with Crippen LogP contribution in [-0.2, 0) is 4.79 Å². The van der Waals surface area contributed by atoms with E-state index in [-0.39, 0.29) is 11.5 Å². The van der Waals surface area contributed by atoms with E-state index in [1.807, 2.05) is 19.9 Å². The van der Waals surface area contributed by atoms with Crippen molar-refractivity contribution < 1.29 is 9.53 Å². The average Bonchev–Trinajstić information content (AvgIpc) is 3.26. The Kier molecular flexibility index (Phi) is 7.66. The molecule has 12 heteroatoms. The maximum Gasteiger partial charge on any atom is 0.252 e. The first-order valence-electron chi connectivity index (χ1n) is 12.5. The molecule has 2 N–H and O–H groups in total. The molecule has 2 aromatic heterocycles. The van der Waals surface area contributed by atoms with Gasteiger partial charge in [-0.3, -0.25) is 29.2 Å². The predicted octanol–water partition coefficient (Wildman–Crippen LogP) is 5.23. The van der Waals surface area contributed by atoms with Crippen LogP contribution in [-0.4, -0.2) is 39.6 Å². The van der Waals surface area contributed by atoms with Gasteiger partial charge in [-0.25, -0.2) is 4.98 Å². The lowest BCUT2D eigenvalue weighted by atomic mass is 10.0. The summed E-state index contributed by atoms with van der Waals surface area (Å²) < 4.78 is 7.09. The molecule has 206 valence electrons. The number of benzene rings is 2. The highest BCUT2D eigenvalue weighted by Gasteiger charge is 2.25. The highest BCUT2D eigenvalue weighted by Crippen LogP contribution is 2.39. The van der Waals surface area contributed by atoms with E-state index in [0.29, 0.717) is 50.4 Å². The minimum absolute atomic E-state index is 0.341. The number of carbonyl (C=O) groups is 1. The predicted molar refractivity (Wildman–Crippen MR) is 157 cm³/mol. The maximum absolute atomic E-state index is 13.5. The van der Waals surface area contributed by atoms with Crippen LogP contribution in [0.4, 0.5) is 11.4 Å². The molecule has 0 radical (unpaired) electrons. The molecule has 0 saturated carbocycles. The zero-order valence-electron chi connectivity index (χ0n) is 22.3. The van der Waals surface area contributed by atoms with E-state index >= 15 is 0 Å². The SMILES string of the molecule is CC[C@@H](C(=O)Nc1ccc2ncc(C)nc2c1)n1cc(OC)c(-c2cc(Cl)ccc2N2C=C(Cl)N(C)N2)cc1=O. The van der Waals surface area contributed by atoms with E-state index in [9.17, 15) is 9.59 Å². The quantitative estimate of drug-likeness (QED) is 0.287. The lowest BCUT2D eigenvalue weighted by molar-refractivity contribution is -0.119. The molecule has 3 heterocycles. The number of carbonyl (C=O) groups excluding carboxylic acids is 1. The van der Waals surface area contributed by atoms with E-state index < -0.39 is 6.04 Å². The summed E-state index contributed by atoms with van der Waals surface area (Å²) in [5.74, 6) is 0.0559. The van der Waals surface area contributed by atoms with Crippen LogP contribution in [0, 0.1) is 6.92 Å². The van der Waals surface area contributed by atoms with Crippen molar-refractivity contribution in [2.75, 3.05) is 24.5 Å². The second kappa shape index (κ2) is 11.2. The van der Waals surface area contributed by atoms with Gasteiger partial charge in [-0.15, -0.1) is 5.53 Å². The minimum atomic E-state index is -0.788. The van der Waals surface area contributed by atoms with Crippen molar-refractivity contribution in [2.45, 2.75) is 26.3 Å². The molecule has 40 heavy (non-hydrogen) atoms. The minimum Gasteiger partial charge on any atom is -0.495 e. The highest BCUT2D eigenvalue weighted by molar-refractivity contribution is 6.31. The summed E-state index contributed by atoms with van der Waals surface area (Å²) in [6, 6.07) is 11.3. The van der Waals surface area contributed by atoms with Crippen LogP contribution in [0.1, 0.15) is 25.1 Å². The Morgan fingerprint density at radius 2 is 1.93 bits per heavy atom. The monoisotopic (exact) mass is 579 g/mol. The third-order valence-electron chi connectivity index (χ3n) is 6.54. The zero-order chi connectivity index (χ0) is 28.6. The van der Waals surface area contributed by atoms with Gasteiger partial charge in [0.1, 0.15) is 16.9 Å². The average molecular weight is 580 g/mol. The molecule has 2 aromatic carbocycles. The number of hydrogen-bond acceptors (Lipinski definition) is 8. The molecular weight excluding hydrogens is 553 g/mol. The molecule has 1 aliphatic rings. The van der Waals surface area contributed by atoms with E-state index in [4.69, 9.17) is 27.9 Å². The summed E-state index contributed by atoms with van der Waals surface area (Å²) in [6.07, 6.45) is 5.32. The Labute approximate surface area is 240 Å². The van der Waals surface area contributed by atoms with Crippen molar-refractivity contribution in [3.05, 3.63) is 87.3 Å². The van der Waals surface area contributed by atoms with E-state index in [1.54, 1.807) is 66.0 Å². The van der Waals surface area contributed by atoms with Gasteiger partial charge in [0.2, 0.25) is 5.91 Å². The fourth-order valence-electron chi connectivity index (χ4n) is 4.55. The van der Waals surface area contributed by atoms with Gasteiger partial charge in [0, 0.05) is 41.1 Å². The lowest BCUT2D eigenvalue weighted by Gasteiger charge is -2.24. The Bertz CT molecular complexity index is 1710. The number of nitrogens with one attached hydrogen (secondary N) is 2. The van der Waals surface area contributed by atoms with Gasteiger partial charge in [0.05, 0.1) is 41.9 Å². The standard InChI is InChI=1S/C28H27Cl2N7O3/c1-5-23(28(39)33-18-7-8-21-22(11-18)32-16(2)13-31-21)36-14-25(40-4)20(12-27(36)38)19-10-17(29)6-9-24(19)37-15-26(30)35(3)34-37/h6-15,23,34H,5H2,1-4H3,(H,33,39)/t23-/m0/s1. The third kappa shape index (κ3) is 5.33. The number of aryl methyl sites for hydroxylation is 1. The molecule has 1 aliphatic heterocycles. The van der Waals surface area contributed by atoms with E-state index in [1.165, 1.54) is 17.7 Å². The van der Waals surface area contributed by atoms with Gasteiger partial charge in [-0.2, -0.15) is 0 Å². The number of amides is 1. The van der Waals surface area contributed by atoms with Gasteiger partial charge >= 0.3 is 0 Å². The summed E-state index contributed by atoms with van der Waals surface area (Å²) in [5, 5.41) is 7.23. The van der Waals surface area contributed by atoms with Gasteiger partial charge in [0.25, 0.3) is 5.56 Å². The summed E-state index contributed by atoms with van der Waals surface area (Å²) >= 11 is 12.6.